The molecule has 40 valence electrons. The van der Waals surface area contributed by atoms with E-state index in [1.807, 2.05) is 0 Å². The van der Waals surface area contributed by atoms with Crippen LogP contribution in [0.25, 0.3) is 0 Å². The predicted octanol–water partition coefficient (Wildman–Crippen LogP) is 0.774. The second-order valence-corrected chi connectivity index (χ2v) is 2.53. The molecule has 1 atom stereocenters. The fourth-order valence-corrected chi connectivity index (χ4v) is 0.338. The fourth-order valence-electron chi connectivity index (χ4n) is 0.113. The maximum Gasteiger partial charge on any atom is 0.376 e. The Kier molecular flexibility index (Phi) is 2.01. The molecular formula is C3H4FO2P. The largest absolute Gasteiger partial charge is 0.376 e. The molecule has 0 aromatic carbocycles. The zero-order chi connectivity index (χ0) is 5.91. The van der Waals surface area contributed by atoms with Gasteiger partial charge in [-0.3, -0.25) is 4.57 Å². The maximum absolute atomic E-state index is 11.4. The Bertz CT molecular complexity index is 130. The summed E-state index contributed by atoms with van der Waals surface area (Å²) in [5.41, 5.74) is 0. The van der Waals surface area contributed by atoms with Crippen LogP contribution in [0.3, 0.4) is 0 Å². The van der Waals surface area contributed by atoms with Crippen LogP contribution in [-0.4, -0.2) is 11.1 Å². The van der Waals surface area contributed by atoms with Gasteiger partial charge < -0.3 is 4.89 Å². The molecule has 0 spiro atoms. The summed E-state index contributed by atoms with van der Waals surface area (Å²) in [5, 5.41) is 0. The predicted molar refractivity (Wildman–Crippen MR) is 24.6 cm³/mol. The highest BCUT2D eigenvalue weighted by Gasteiger charge is 2.11. The first-order valence-electron chi connectivity index (χ1n) is 1.51. The van der Waals surface area contributed by atoms with Gasteiger partial charge in [0.1, 0.15) is 6.16 Å². The molecule has 1 N–H and O–H groups in total. The average Bonchev–Trinajstić information content (AvgIpc) is 1.30. The highest BCUT2D eigenvalue weighted by molar-refractivity contribution is 7.52. The lowest BCUT2D eigenvalue weighted by atomic mass is 10.8. The number of hydrogen-bond acceptors (Lipinski definition) is 1. The summed E-state index contributed by atoms with van der Waals surface area (Å²) in [6.45, 7) is 0. The number of rotatable bonds is 1. The Morgan fingerprint density at radius 3 is 2.43 bits per heavy atom. The van der Waals surface area contributed by atoms with E-state index < -0.39 is 13.8 Å². The van der Waals surface area contributed by atoms with Crippen molar-refractivity contribution in [3.8, 4) is 12.3 Å². The molecular weight excluding hydrogens is 118 g/mol. The van der Waals surface area contributed by atoms with Gasteiger partial charge in [-0.25, -0.2) is 0 Å². The van der Waals surface area contributed by atoms with Crippen molar-refractivity contribution < 1.29 is 13.7 Å². The van der Waals surface area contributed by atoms with Gasteiger partial charge in [0, 0.05) is 0 Å². The van der Waals surface area contributed by atoms with Crippen molar-refractivity contribution in [1.29, 1.82) is 0 Å². The Hall–Kier alpha value is -0.320. The molecule has 0 radical (unpaired) electrons. The molecule has 0 aliphatic rings. The second kappa shape index (κ2) is 2.11. The molecule has 0 bridgehead atoms. The van der Waals surface area contributed by atoms with E-state index in [0.717, 1.165) is 0 Å². The number of hydrogen-bond donors (Lipinski definition) is 1. The Morgan fingerprint density at radius 2 is 2.43 bits per heavy atom. The summed E-state index contributed by atoms with van der Waals surface area (Å²) in [6.07, 6.45) is 3.80. The first-order chi connectivity index (χ1) is 3.06. The second-order valence-electron chi connectivity index (χ2n) is 0.979. The average molecular weight is 122 g/mol. The van der Waals surface area contributed by atoms with Crippen LogP contribution in [0.5, 0.6) is 0 Å². The molecule has 0 aromatic heterocycles. The third kappa shape index (κ3) is 5.68. The molecule has 0 saturated carbocycles. The Balaban J connectivity index is 3.65. The molecule has 0 amide bonds. The minimum Gasteiger partial charge on any atom is -0.321 e. The summed E-state index contributed by atoms with van der Waals surface area (Å²) in [6, 6.07) is 0. The topological polar surface area (TPSA) is 37.3 Å². The highest BCUT2D eigenvalue weighted by Crippen LogP contribution is 2.40. The van der Waals surface area contributed by atoms with E-state index in [9.17, 15) is 8.76 Å². The van der Waals surface area contributed by atoms with Crippen molar-refractivity contribution in [2.24, 2.45) is 0 Å². The van der Waals surface area contributed by atoms with Crippen LogP contribution in [0.4, 0.5) is 4.20 Å². The van der Waals surface area contributed by atoms with Gasteiger partial charge in [0.05, 0.1) is 0 Å². The third-order valence-electron chi connectivity index (χ3n) is 0.286. The van der Waals surface area contributed by atoms with Crippen molar-refractivity contribution >= 4 is 7.68 Å². The van der Waals surface area contributed by atoms with E-state index in [-0.39, 0.29) is 0 Å². The lowest BCUT2D eigenvalue weighted by molar-refractivity contribution is 0.434. The molecule has 0 aliphatic heterocycles. The van der Waals surface area contributed by atoms with Crippen molar-refractivity contribution in [2.45, 2.75) is 0 Å². The van der Waals surface area contributed by atoms with Gasteiger partial charge in [0.2, 0.25) is 0 Å². The standard InChI is InChI=1S/C3H4FO2P/c1-2-3-7(4,5)6/h1H,3H2,(H,5,6). The molecule has 0 rings (SSSR count). The lowest BCUT2D eigenvalue weighted by Gasteiger charge is -1.88. The van der Waals surface area contributed by atoms with Crippen LogP contribution in [0.1, 0.15) is 0 Å². The van der Waals surface area contributed by atoms with Crippen LogP contribution in [0.2, 0.25) is 0 Å². The van der Waals surface area contributed by atoms with E-state index in [1.54, 1.807) is 5.92 Å². The summed E-state index contributed by atoms with van der Waals surface area (Å²) in [4.78, 5) is 7.76. The summed E-state index contributed by atoms with van der Waals surface area (Å²) in [5.74, 6) is 1.72. The molecule has 0 fully saturated rings. The van der Waals surface area contributed by atoms with Crippen LogP contribution in [0.15, 0.2) is 0 Å². The van der Waals surface area contributed by atoms with E-state index in [2.05, 4.69) is 6.42 Å². The normalized spacial score (nSPS) is 17.3. The van der Waals surface area contributed by atoms with E-state index in [1.165, 1.54) is 0 Å². The molecule has 2 nitrogen and oxygen atoms in total. The van der Waals surface area contributed by atoms with E-state index >= 15 is 0 Å². The first-order valence-corrected chi connectivity index (χ1v) is 3.25. The van der Waals surface area contributed by atoms with Gasteiger partial charge in [0.15, 0.2) is 0 Å². The molecule has 0 heterocycles. The number of halogens is 1. The van der Waals surface area contributed by atoms with Crippen LogP contribution in [-0.2, 0) is 4.57 Å². The third-order valence-corrected chi connectivity index (χ3v) is 0.859. The van der Waals surface area contributed by atoms with Gasteiger partial charge >= 0.3 is 7.68 Å². The Labute approximate surface area is 40.9 Å². The fraction of sp³-hybridized carbons (Fsp3) is 0.333. The lowest BCUT2D eigenvalue weighted by Crippen LogP contribution is -1.73. The molecule has 4 heteroatoms. The van der Waals surface area contributed by atoms with Crippen molar-refractivity contribution in [2.75, 3.05) is 6.16 Å². The van der Waals surface area contributed by atoms with Crippen LogP contribution in [0, 0.1) is 12.3 Å². The quantitative estimate of drug-likeness (QED) is 0.412. The molecule has 0 aliphatic carbocycles. The van der Waals surface area contributed by atoms with Gasteiger partial charge in [-0.05, 0) is 0 Å². The van der Waals surface area contributed by atoms with Gasteiger partial charge in [-0.1, -0.05) is 5.92 Å². The summed E-state index contributed by atoms with van der Waals surface area (Å²) in [7, 11) is -4.40. The maximum atomic E-state index is 11.4. The van der Waals surface area contributed by atoms with Gasteiger partial charge in [0.25, 0.3) is 0 Å². The monoisotopic (exact) mass is 122 g/mol. The molecule has 0 aromatic rings. The van der Waals surface area contributed by atoms with Crippen molar-refractivity contribution in [3.63, 3.8) is 0 Å². The number of terminal acetylenes is 1. The van der Waals surface area contributed by atoms with Gasteiger partial charge in [-0.2, -0.15) is 4.20 Å². The van der Waals surface area contributed by atoms with E-state index in [0.29, 0.717) is 0 Å². The minimum atomic E-state index is -4.40. The summed E-state index contributed by atoms with van der Waals surface area (Å²) >= 11 is 0. The van der Waals surface area contributed by atoms with Crippen LogP contribution >= 0.6 is 7.68 Å². The van der Waals surface area contributed by atoms with Crippen LogP contribution < -0.4 is 0 Å². The van der Waals surface area contributed by atoms with Crippen molar-refractivity contribution in [3.05, 3.63) is 0 Å². The Morgan fingerprint density at radius 1 is 2.00 bits per heavy atom. The zero-order valence-electron chi connectivity index (χ0n) is 3.47. The molecule has 1 unspecified atom stereocenters. The first kappa shape index (κ1) is 6.68. The smallest absolute Gasteiger partial charge is 0.321 e. The minimum absolute atomic E-state index is 0.688. The highest BCUT2D eigenvalue weighted by atomic mass is 31.2. The van der Waals surface area contributed by atoms with E-state index in [4.69, 9.17) is 4.89 Å². The van der Waals surface area contributed by atoms with Crippen molar-refractivity contribution in [1.82, 2.24) is 0 Å². The summed E-state index contributed by atoms with van der Waals surface area (Å²) < 4.78 is 20.9. The molecule has 0 saturated heterocycles. The zero-order valence-corrected chi connectivity index (χ0v) is 4.36. The SMILES string of the molecule is C#CCP(=O)(O)F. The molecule has 7 heavy (non-hydrogen) atoms. The van der Waals surface area contributed by atoms with Gasteiger partial charge in [-0.15, -0.1) is 6.42 Å².